The summed E-state index contributed by atoms with van der Waals surface area (Å²) in [7, 11) is 0. The molecule has 1 fully saturated rings. The maximum absolute atomic E-state index is 12.1. The van der Waals surface area contributed by atoms with E-state index in [1.54, 1.807) is 6.92 Å². The first-order valence-electron chi connectivity index (χ1n) is 5.76. The molecule has 0 aromatic heterocycles. The lowest BCUT2D eigenvalue weighted by molar-refractivity contribution is -0.137. The van der Waals surface area contributed by atoms with Crippen molar-refractivity contribution < 1.29 is 19.5 Å². The summed E-state index contributed by atoms with van der Waals surface area (Å²) in [5, 5.41) is 10.8. The second kappa shape index (κ2) is 5.65. The summed E-state index contributed by atoms with van der Waals surface area (Å²) in [5.74, 6) is -0.171. The number of amides is 2. The molecule has 0 aromatic carbocycles. The number of carbonyl (C=O) groups excluding carboxylic acids is 2. The van der Waals surface area contributed by atoms with Crippen molar-refractivity contribution in [3.05, 3.63) is 0 Å². The van der Waals surface area contributed by atoms with Crippen LogP contribution in [-0.4, -0.2) is 46.9 Å². The molecular formula is C11H18N2O4. The van der Waals surface area contributed by atoms with Crippen molar-refractivity contribution in [2.24, 2.45) is 5.92 Å². The molecule has 0 aliphatic carbocycles. The number of hydrogen-bond donors (Lipinski definition) is 2. The Bertz CT molecular complexity index is 319. The lowest BCUT2D eigenvalue weighted by atomic mass is 10.0. The molecule has 2 N–H and O–H groups in total. The first kappa shape index (κ1) is 13.5. The number of rotatable bonds is 4. The van der Waals surface area contributed by atoms with Gasteiger partial charge >= 0.3 is 6.09 Å². The highest BCUT2D eigenvalue weighted by atomic mass is 16.4. The minimum atomic E-state index is -1.22. The van der Waals surface area contributed by atoms with Gasteiger partial charge in [-0.15, -0.1) is 0 Å². The fourth-order valence-corrected chi connectivity index (χ4v) is 2.12. The largest absolute Gasteiger partial charge is 0.465 e. The maximum atomic E-state index is 12.1. The van der Waals surface area contributed by atoms with Gasteiger partial charge in [0.05, 0.1) is 6.04 Å². The van der Waals surface area contributed by atoms with E-state index in [4.69, 9.17) is 5.11 Å². The molecule has 6 heteroatoms. The molecule has 0 unspecified atom stereocenters. The summed E-state index contributed by atoms with van der Waals surface area (Å²) in [5.41, 5.74) is 0. The molecular weight excluding hydrogens is 224 g/mol. The van der Waals surface area contributed by atoms with Gasteiger partial charge < -0.3 is 20.1 Å². The van der Waals surface area contributed by atoms with Gasteiger partial charge in [0, 0.05) is 6.54 Å². The number of nitrogens with zero attached hydrogens (tertiary/aromatic N) is 1. The zero-order chi connectivity index (χ0) is 13.0. The third kappa shape index (κ3) is 2.95. The van der Waals surface area contributed by atoms with Crippen LogP contribution in [0.1, 0.15) is 26.7 Å². The van der Waals surface area contributed by atoms with E-state index < -0.39 is 18.2 Å². The van der Waals surface area contributed by atoms with Crippen LogP contribution in [0.4, 0.5) is 4.79 Å². The van der Waals surface area contributed by atoms with Gasteiger partial charge in [-0.3, -0.25) is 4.79 Å². The van der Waals surface area contributed by atoms with Gasteiger partial charge in [-0.05, 0) is 18.8 Å². The maximum Gasteiger partial charge on any atom is 0.405 e. The summed E-state index contributed by atoms with van der Waals surface area (Å²) in [4.78, 5) is 35.0. The number of hydrogen-bond acceptors (Lipinski definition) is 3. The third-order valence-corrected chi connectivity index (χ3v) is 3.19. The van der Waals surface area contributed by atoms with E-state index in [-0.39, 0.29) is 11.8 Å². The highest BCUT2D eigenvalue weighted by Crippen LogP contribution is 2.23. The van der Waals surface area contributed by atoms with Gasteiger partial charge in [-0.2, -0.15) is 0 Å². The quantitative estimate of drug-likeness (QED) is 0.701. The third-order valence-electron chi connectivity index (χ3n) is 3.19. The monoisotopic (exact) mass is 242 g/mol. The average molecular weight is 242 g/mol. The van der Waals surface area contributed by atoms with E-state index in [0.29, 0.717) is 13.0 Å². The number of nitrogens with one attached hydrogen (secondary N) is 1. The molecule has 1 rings (SSSR count). The molecule has 0 spiro atoms. The zero-order valence-corrected chi connectivity index (χ0v) is 10.0. The van der Waals surface area contributed by atoms with E-state index in [1.807, 2.05) is 6.92 Å². The molecule has 1 aliphatic rings. The molecule has 0 radical (unpaired) electrons. The van der Waals surface area contributed by atoms with Gasteiger partial charge in [0.2, 0.25) is 5.91 Å². The smallest absolute Gasteiger partial charge is 0.405 e. The SMILES string of the molecule is CC[C@H](NC(=O)O)C(=O)N1CC[C@@H](C)[C@H]1C=O. The Morgan fingerprint density at radius 3 is 2.71 bits per heavy atom. The van der Waals surface area contributed by atoms with E-state index in [1.165, 1.54) is 4.90 Å². The molecule has 0 saturated carbocycles. The van der Waals surface area contributed by atoms with Crippen molar-refractivity contribution in [2.75, 3.05) is 6.54 Å². The molecule has 1 heterocycles. The standard InChI is InChI=1S/C11H18N2O4/c1-3-8(12-11(16)17)10(15)13-5-4-7(2)9(13)6-14/h6-9,12H,3-5H2,1-2H3,(H,16,17)/t7-,8+,9-/m1/s1. The lowest BCUT2D eigenvalue weighted by Crippen LogP contribution is -2.50. The summed E-state index contributed by atoms with van der Waals surface area (Å²) in [6.07, 6.45) is 0.698. The summed E-state index contributed by atoms with van der Waals surface area (Å²) >= 11 is 0. The number of likely N-dealkylation sites (tertiary alicyclic amines) is 1. The van der Waals surface area contributed by atoms with Crippen molar-refractivity contribution in [1.82, 2.24) is 10.2 Å². The second-order valence-electron chi connectivity index (χ2n) is 4.33. The van der Waals surface area contributed by atoms with Crippen molar-refractivity contribution in [3.8, 4) is 0 Å². The van der Waals surface area contributed by atoms with Crippen LogP contribution in [0.25, 0.3) is 0 Å². The van der Waals surface area contributed by atoms with Crippen LogP contribution in [0.3, 0.4) is 0 Å². The fraction of sp³-hybridized carbons (Fsp3) is 0.727. The lowest BCUT2D eigenvalue weighted by Gasteiger charge is -2.26. The van der Waals surface area contributed by atoms with Gasteiger partial charge in [0.1, 0.15) is 12.3 Å². The molecule has 3 atom stereocenters. The topological polar surface area (TPSA) is 86.7 Å². The molecule has 17 heavy (non-hydrogen) atoms. The molecule has 6 nitrogen and oxygen atoms in total. The first-order chi connectivity index (χ1) is 8.01. The predicted octanol–water partition coefficient (Wildman–Crippen LogP) is 0.468. The molecule has 1 saturated heterocycles. The minimum Gasteiger partial charge on any atom is -0.465 e. The number of carbonyl (C=O) groups is 3. The van der Waals surface area contributed by atoms with Crippen LogP contribution in [0, 0.1) is 5.92 Å². The van der Waals surface area contributed by atoms with Crippen LogP contribution in [-0.2, 0) is 9.59 Å². The Balaban J connectivity index is 2.73. The molecule has 2 amide bonds. The summed E-state index contributed by atoms with van der Waals surface area (Å²) in [6.45, 7) is 4.16. The predicted molar refractivity (Wildman–Crippen MR) is 60.6 cm³/mol. The van der Waals surface area contributed by atoms with E-state index in [0.717, 1.165) is 12.7 Å². The highest BCUT2D eigenvalue weighted by molar-refractivity contribution is 5.87. The normalized spacial score (nSPS) is 25.4. The highest BCUT2D eigenvalue weighted by Gasteiger charge is 2.36. The van der Waals surface area contributed by atoms with Crippen LogP contribution in [0.5, 0.6) is 0 Å². The Hall–Kier alpha value is -1.59. The van der Waals surface area contributed by atoms with Crippen LogP contribution in [0.2, 0.25) is 0 Å². The van der Waals surface area contributed by atoms with E-state index >= 15 is 0 Å². The molecule has 1 aliphatic heterocycles. The number of aldehydes is 1. The Morgan fingerprint density at radius 1 is 1.59 bits per heavy atom. The van der Waals surface area contributed by atoms with Crippen LogP contribution < -0.4 is 5.32 Å². The van der Waals surface area contributed by atoms with Crippen LogP contribution >= 0.6 is 0 Å². The second-order valence-corrected chi connectivity index (χ2v) is 4.33. The summed E-state index contributed by atoms with van der Waals surface area (Å²) in [6, 6.07) is -1.19. The van der Waals surface area contributed by atoms with Gasteiger partial charge in [-0.1, -0.05) is 13.8 Å². The molecule has 0 bridgehead atoms. The van der Waals surface area contributed by atoms with E-state index in [9.17, 15) is 14.4 Å². The number of carboxylic acid groups (broad SMARTS) is 1. The summed E-state index contributed by atoms with van der Waals surface area (Å²) < 4.78 is 0. The zero-order valence-electron chi connectivity index (χ0n) is 10.0. The minimum absolute atomic E-state index is 0.138. The fourth-order valence-electron chi connectivity index (χ4n) is 2.12. The van der Waals surface area contributed by atoms with Gasteiger partial charge in [-0.25, -0.2) is 4.79 Å². The van der Waals surface area contributed by atoms with Crippen molar-refractivity contribution >= 4 is 18.3 Å². The van der Waals surface area contributed by atoms with Crippen LogP contribution in [0.15, 0.2) is 0 Å². The van der Waals surface area contributed by atoms with Crippen molar-refractivity contribution in [2.45, 2.75) is 38.8 Å². The molecule has 0 aromatic rings. The van der Waals surface area contributed by atoms with Gasteiger partial charge in [0.15, 0.2) is 0 Å². The van der Waals surface area contributed by atoms with E-state index in [2.05, 4.69) is 5.32 Å². The van der Waals surface area contributed by atoms with Gasteiger partial charge in [0.25, 0.3) is 0 Å². The van der Waals surface area contributed by atoms with Crippen molar-refractivity contribution in [1.29, 1.82) is 0 Å². The molecule has 96 valence electrons. The first-order valence-corrected chi connectivity index (χ1v) is 5.76. The Morgan fingerprint density at radius 2 is 2.24 bits per heavy atom. The Kier molecular flexibility index (Phi) is 4.48. The average Bonchev–Trinajstić information content (AvgIpc) is 2.66. The Labute approximate surface area is 100.0 Å². The van der Waals surface area contributed by atoms with Crippen molar-refractivity contribution in [3.63, 3.8) is 0 Å².